The third-order valence-corrected chi connectivity index (χ3v) is 3.09. The van der Waals surface area contributed by atoms with Crippen LogP contribution >= 0.6 is 0 Å². The van der Waals surface area contributed by atoms with Gasteiger partial charge in [0.1, 0.15) is 0 Å². The Kier molecular flexibility index (Phi) is 2.81. The Morgan fingerprint density at radius 2 is 2.24 bits per heavy atom. The summed E-state index contributed by atoms with van der Waals surface area (Å²) in [6, 6.07) is 0. The Balaban J connectivity index is 2.21. The summed E-state index contributed by atoms with van der Waals surface area (Å²) in [5.41, 5.74) is 1.66. The summed E-state index contributed by atoms with van der Waals surface area (Å²) in [6.07, 6.45) is 5.40. The summed E-state index contributed by atoms with van der Waals surface area (Å²) < 4.78 is 2.04. The number of nitrogens with one attached hydrogen (secondary N) is 1. The zero-order valence-electron chi connectivity index (χ0n) is 10.7. The molecule has 0 aromatic carbocycles. The molecule has 1 aliphatic rings. The van der Waals surface area contributed by atoms with Crippen molar-refractivity contribution >= 4 is 5.91 Å². The van der Waals surface area contributed by atoms with Crippen molar-refractivity contribution in [2.75, 3.05) is 0 Å². The minimum absolute atomic E-state index is 0.00000972. The average Bonchev–Trinajstić information content (AvgIpc) is 2.65. The van der Waals surface area contributed by atoms with Crippen LogP contribution in [0, 0.1) is 0 Å². The van der Waals surface area contributed by atoms with E-state index in [1.165, 1.54) is 0 Å². The van der Waals surface area contributed by atoms with Crippen LogP contribution in [0.5, 0.6) is 0 Å². The first kappa shape index (κ1) is 11.9. The highest BCUT2D eigenvalue weighted by Crippen LogP contribution is 2.27. The number of rotatable bonds is 1. The van der Waals surface area contributed by atoms with Gasteiger partial charge in [-0.05, 0) is 33.6 Å². The quantitative estimate of drug-likeness (QED) is 0.808. The van der Waals surface area contributed by atoms with Gasteiger partial charge in [0.25, 0.3) is 0 Å². The van der Waals surface area contributed by atoms with E-state index in [1.54, 1.807) is 6.33 Å². The van der Waals surface area contributed by atoms with Gasteiger partial charge in [-0.2, -0.15) is 0 Å². The molecule has 2 rings (SSSR count). The number of piperidine rings is 1. The third-order valence-electron chi connectivity index (χ3n) is 3.09. The zero-order valence-corrected chi connectivity index (χ0v) is 10.7. The number of carbonyl (C=O) groups is 1. The Bertz CT molecular complexity index is 453. The van der Waals surface area contributed by atoms with Crippen molar-refractivity contribution < 1.29 is 4.79 Å². The van der Waals surface area contributed by atoms with Crippen molar-refractivity contribution in [3.05, 3.63) is 30.5 Å². The number of aromatic nitrogens is 2. The first-order valence-corrected chi connectivity index (χ1v) is 5.91. The molecule has 4 nitrogen and oxygen atoms in total. The molecule has 4 heteroatoms. The first-order chi connectivity index (χ1) is 7.88. The predicted molar refractivity (Wildman–Crippen MR) is 66.5 cm³/mol. The molecule has 1 amide bonds. The highest BCUT2D eigenvalue weighted by molar-refractivity contribution is 5.85. The summed E-state index contributed by atoms with van der Waals surface area (Å²) in [7, 11) is 0. The van der Waals surface area contributed by atoms with Gasteiger partial charge in [0.2, 0.25) is 5.91 Å². The van der Waals surface area contributed by atoms with E-state index in [1.807, 2.05) is 10.8 Å². The second kappa shape index (κ2) is 4.02. The number of carbonyl (C=O) groups excluding carboxylic acids is 1. The number of hydrogen-bond acceptors (Lipinski definition) is 2. The van der Waals surface area contributed by atoms with Gasteiger partial charge in [0.15, 0.2) is 0 Å². The van der Waals surface area contributed by atoms with Crippen LogP contribution in [-0.2, 0) is 10.3 Å². The summed E-state index contributed by atoms with van der Waals surface area (Å²) >= 11 is 0. The predicted octanol–water partition coefficient (Wildman–Crippen LogP) is 2.15. The maximum Gasteiger partial charge on any atom is 0.233 e. The minimum atomic E-state index is -0.135. The van der Waals surface area contributed by atoms with Crippen LogP contribution in [-0.4, -0.2) is 15.5 Å². The number of allylic oxidation sites excluding steroid dienone is 1. The maximum absolute atomic E-state index is 11.8. The van der Waals surface area contributed by atoms with Gasteiger partial charge in [-0.25, -0.2) is 4.98 Å². The van der Waals surface area contributed by atoms with Gasteiger partial charge in [-0.15, -0.1) is 0 Å². The Hall–Kier alpha value is -1.58. The van der Waals surface area contributed by atoms with Crippen LogP contribution in [0.2, 0.25) is 0 Å². The number of amides is 1. The summed E-state index contributed by atoms with van der Waals surface area (Å²) in [5.74, 6) is -0.121. The van der Waals surface area contributed by atoms with E-state index in [0.717, 1.165) is 24.2 Å². The molecule has 2 heterocycles. The van der Waals surface area contributed by atoms with Crippen LogP contribution in [0.25, 0.3) is 0 Å². The zero-order chi connectivity index (χ0) is 12.6. The molecule has 0 bridgehead atoms. The van der Waals surface area contributed by atoms with Crippen molar-refractivity contribution in [1.82, 2.24) is 14.9 Å². The summed E-state index contributed by atoms with van der Waals surface area (Å²) in [4.78, 5) is 16.2. The molecule has 1 aromatic rings. The van der Waals surface area contributed by atoms with Crippen molar-refractivity contribution in [1.29, 1.82) is 0 Å². The molecule has 0 aliphatic carbocycles. The van der Waals surface area contributed by atoms with Crippen LogP contribution in [0.1, 0.15) is 45.2 Å². The topological polar surface area (TPSA) is 46.9 Å². The SMILES string of the molecule is C=C1CCC(c2cn(C(C)(C)C)cn2)C(=O)N1. The monoisotopic (exact) mass is 233 g/mol. The lowest BCUT2D eigenvalue weighted by Gasteiger charge is -2.23. The van der Waals surface area contributed by atoms with E-state index in [0.29, 0.717) is 0 Å². The van der Waals surface area contributed by atoms with Gasteiger partial charge in [0, 0.05) is 17.4 Å². The third kappa shape index (κ3) is 2.40. The Morgan fingerprint density at radius 1 is 1.53 bits per heavy atom. The molecule has 92 valence electrons. The van der Waals surface area contributed by atoms with Crippen molar-refractivity contribution in [2.24, 2.45) is 0 Å². The van der Waals surface area contributed by atoms with E-state index in [4.69, 9.17) is 0 Å². The molecular weight excluding hydrogens is 214 g/mol. The standard InChI is InChI=1S/C13H19N3O/c1-9-5-6-10(12(17)15-9)11-7-16(8-14-11)13(2,3)4/h7-8,10H,1,5-6H2,2-4H3,(H,15,17). The molecule has 0 saturated carbocycles. The normalized spacial score (nSPS) is 21.5. The van der Waals surface area contributed by atoms with Crippen LogP contribution in [0.15, 0.2) is 24.8 Å². The number of imidazole rings is 1. The summed E-state index contributed by atoms with van der Waals surface area (Å²) in [5, 5.41) is 2.79. The molecule has 1 aromatic heterocycles. The second-order valence-electron chi connectivity index (χ2n) is 5.56. The first-order valence-electron chi connectivity index (χ1n) is 5.91. The molecule has 0 radical (unpaired) electrons. The van der Waals surface area contributed by atoms with Gasteiger partial charge >= 0.3 is 0 Å². The molecule has 1 unspecified atom stereocenters. The number of nitrogens with zero attached hydrogens (tertiary/aromatic N) is 2. The lowest BCUT2D eigenvalue weighted by atomic mass is 9.94. The van der Waals surface area contributed by atoms with Gasteiger partial charge in [-0.3, -0.25) is 4.79 Å². The molecule has 1 saturated heterocycles. The second-order valence-corrected chi connectivity index (χ2v) is 5.56. The van der Waals surface area contributed by atoms with Gasteiger partial charge < -0.3 is 9.88 Å². The van der Waals surface area contributed by atoms with E-state index in [2.05, 4.69) is 37.7 Å². The fraction of sp³-hybridized carbons (Fsp3) is 0.538. The largest absolute Gasteiger partial charge is 0.332 e. The van der Waals surface area contributed by atoms with Gasteiger partial charge in [-0.1, -0.05) is 6.58 Å². The highest BCUT2D eigenvalue weighted by Gasteiger charge is 2.28. The molecule has 0 spiro atoms. The molecule has 1 atom stereocenters. The van der Waals surface area contributed by atoms with Crippen LogP contribution in [0.4, 0.5) is 0 Å². The Labute approximate surface area is 102 Å². The fourth-order valence-corrected chi connectivity index (χ4v) is 1.94. The van der Waals surface area contributed by atoms with E-state index in [9.17, 15) is 4.79 Å². The fourth-order valence-electron chi connectivity index (χ4n) is 1.94. The van der Waals surface area contributed by atoms with Crippen LogP contribution < -0.4 is 5.32 Å². The molecule has 1 aliphatic heterocycles. The minimum Gasteiger partial charge on any atom is -0.332 e. The Morgan fingerprint density at radius 3 is 2.76 bits per heavy atom. The lowest BCUT2D eigenvalue weighted by Crippen LogP contribution is -2.33. The highest BCUT2D eigenvalue weighted by atomic mass is 16.2. The number of hydrogen-bond donors (Lipinski definition) is 1. The average molecular weight is 233 g/mol. The molecule has 17 heavy (non-hydrogen) atoms. The molecular formula is C13H19N3O. The smallest absolute Gasteiger partial charge is 0.233 e. The van der Waals surface area contributed by atoms with E-state index < -0.39 is 0 Å². The van der Waals surface area contributed by atoms with Crippen molar-refractivity contribution in [3.63, 3.8) is 0 Å². The maximum atomic E-state index is 11.8. The molecule has 1 fully saturated rings. The van der Waals surface area contributed by atoms with Crippen LogP contribution in [0.3, 0.4) is 0 Å². The lowest BCUT2D eigenvalue weighted by molar-refractivity contribution is -0.122. The van der Waals surface area contributed by atoms with Crippen molar-refractivity contribution in [2.45, 2.75) is 45.1 Å². The van der Waals surface area contributed by atoms with E-state index in [-0.39, 0.29) is 17.4 Å². The van der Waals surface area contributed by atoms with Gasteiger partial charge in [0.05, 0.1) is 17.9 Å². The summed E-state index contributed by atoms with van der Waals surface area (Å²) in [6.45, 7) is 10.1. The van der Waals surface area contributed by atoms with Crippen molar-refractivity contribution in [3.8, 4) is 0 Å². The van der Waals surface area contributed by atoms with E-state index >= 15 is 0 Å². The molecule has 1 N–H and O–H groups in total.